The van der Waals surface area contributed by atoms with Crippen molar-refractivity contribution < 1.29 is 4.79 Å². The largest absolute Gasteiger partial charge is 0.368 e. The van der Waals surface area contributed by atoms with Crippen molar-refractivity contribution in [1.29, 1.82) is 0 Å². The molecule has 0 heterocycles. The van der Waals surface area contributed by atoms with Gasteiger partial charge in [0.15, 0.2) is 0 Å². The van der Waals surface area contributed by atoms with Crippen LogP contribution in [-0.4, -0.2) is 42.0 Å². The third-order valence-electron chi connectivity index (χ3n) is 5.12. The van der Waals surface area contributed by atoms with E-state index in [-0.39, 0.29) is 5.91 Å². The lowest BCUT2D eigenvalue weighted by Crippen LogP contribution is -2.61. The van der Waals surface area contributed by atoms with Crippen LogP contribution in [0.15, 0.2) is 0 Å². The summed E-state index contributed by atoms with van der Waals surface area (Å²) in [4.78, 5) is 14.5. The smallest absolute Gasteiger partial charge is 0.237 e. The summed E-state index contributed by atoms with van der Waals surface area (Å²) in [5.74, 6) is 0.773. The number of primary amides is 1. The molecule has 2 atom stereocenters. The molecule has 108 valence electrons. The molecule has 1 amide bonds. The van der Waals surface area contributed by atoms with E-state index in [1.165, 1.54) is 38.6 Å². The number of hydrogen-bond acceptors (Lipinski definition) is 3. The van der Waals surface area contributed by atoms with Crippen molar-refractivity contribution in [3.63, 3.8) is 0 Å². The zero-order chi connectivity index (χ0) is 13.5. The van der Waals surface area contributed by atoms with Gasteiger partial charge in [0.1, 0.15) is 0 Å². The van der Waals surface area contributed by atoms with Gasteiger partial charge in [-0.1, -0.05) is 0 Å². The van der Waals surface area contributed by atoms with Gasteiger partial charge in [0.25, 0.3) is 0 Å². The molecule has 3 aliphatic rings. The Morgan fingerprint density at radius 1 is 1.32 bits per heavy atom. The fourth-order valence-corrected chi connectivity index (χ4v) is 3.52. The normalized spacial score (nSPS) is 35.6. The van der Waals surface area contributed by atoms with E-state index >= 15 is 0 Å². The van der Waals surface area contributed by atoms with Crippen LogP contribution >= 0.6 is 0 Å². The summed E-state index contributed by atoms with van der Waals surface area (Å²) in [6.07, 6.45) is 9.34. The topological polar surface area (TPSA) is 58.4 Å². The first-order chi connectivity index (χ1) is 9.09. The number of rotatable bonds is 6. The molecule has 0 aromatic carbocycles. The Balaban J connectivity index is 1.64. The molecule has 0 radical (unpaired) electrons. The molecule has 0 aromatic heterocycles. The number of hydrogen-bond donors (Lipinski definition) is 2. The molecule has 0 aromatic rings. The zero-order valence-electron chi connectivity index (χ0n) is 12.0. The van der Waals surface area contributed by atoms with Crippen molar-refractivity contribution in [2.45, 2.75) is 69.0 Å². The van der Waals surface area contributed by atoms with Gasteiger partial charge in [-0.3, -0.25) is 4.79 Å². The summed E-state index contributed by atoms with van der Waals surface area (Å²) in [5.41, 5.74) is 5.31. The number of carbonyl (C=O) groups is 1. The van der Waals surface area contributed by atoms with Gasteiger partial charge in [0.2, 0.25) is 5.91 Å². The van der Waals surface area contributed by atoms with Crippen molar-refractivity contribution in [3.05, 3.63) is 0 Å². The fraction of sp³-hybridized carbons (Fsp3) is 0.933. The van der Waals surface area contributed by atoms with E-state index in [0.29, 0.717) is 12.1 Å². The minimum atomic E-state index is -0.429. The standard InChI is InChI=1S/C15H27N3O/c1-18(10-11-4-5-11)13-3-2-8-15(9-13,14(16)19)17-12-6-7-12/h11-13,17H,2-10H2,1H3,(H2,16,19). The molecule has 3 aliphatic carbocycles. The molecule has 0 bridgehead atoms. The van der Waals surface area contributed by atoms with Gasteiger partial charge in [-0.05, 0) is 64.3 Å². The van der Waals surface area contributed by atoms with Gasteiger partial charge in [0.05, 0.1) is 5.54 Å². The number of amides is 1. The molecule has 2 unspecified atom stereocenters. The van der Waals surface area contributed by atoms with Crippen LogP contribution in [0.3, 0.4) is 0 Å². The summed E-state index contributed by atoms with van der Waals surface area (Å²) in [6, 6.07) is 1.06. The molecule has 0 spiro atoms. The molecule has 0 aliphatic heterocycles. The van der Waals surface area contributed by atoms with Crippen LogP contribution in [0.1, 0.15) is 51.4 Å². The average Bonchev–Trinajstić information content (AvgIpc) is 3.25. The maximum absolute atomic E-state index is 12.0. The first kappa shape index (κ1) is 13.4. The Morgan fingerprint density at radius 2 is 2.05 bits per heavy atom. The fourth-order valence-electron chi connectivity index (χ4n) is 3.52. The van der Waals surface area contributed by atoms with Gasteiger partial charge in [-0.15, -0.1) is 0 Å². The number of nitrogens with two attached hydrogens (primary N) is 1. The van der Waals surface area contributed by atoms with Crippen LogP contribution in [0.2, 0.25) is 0 Å². The van der Waals surface area contributed by atoms with Crippen LogP contribution in [0, 0.1) is 5.92 Å². The van der Waals surface area contributed by atoms with Crippen molar-refractivity contribution in [3.8, 4) is 0 Å². The number of carbonyl (C=O) groups excluding carboxylic acids is 1. The molecule has 3 saturated carbocycles. The van der Waals surface area contributed by atoms with Crippen LogP contribution in [0.4, 0.5) is 0 Å². The van der Waals surface area contributed by atoms with Crippen LogP contribution in [-0.2, 0) is 4.79 Å². The van der Waals surface area contributed by atoms with E-state index in [4.69, 9.17) is 5.73 Å². The Hall–Kier alpha value is -0.610. The van der Waals surface area contributed by atoms with E-state index < -0.39 is 5.54 Å². The van der Waals surface area contributed by atoms with E-state index in [1.807, 2.05) is 0 Å². The minimum absolute atomic E-state index is 0.135. The second kappa shape index (κ2) is 5.06. The molecule has 3 rings (SSSR count). The van der Waals surface area contributed by atoms with Crippen LogP contribution in [0.25, 0.3) is 0 Å². The van der Waals surface area contributed by atoms with Gasteiger partial charge < -0.3 is 16.0 Å². The highest BCUT2D eigenvalue weighted by Gasteiger charge is 2.45. The lowest BCUT2D eigenvalue weighted by atomic mass is 9.77. The van der Waals surface area contributed by atoms with E-state index in [2.05, 4.69) is 17.3 Å². The SMILES string of the molecule is CN(CC1CC1)C1CCCC(NC2CC2)(C(N)=O)C1. The summed E-state index contributed by atoms with van der Waals surface area (Å²) in [5, 5.41) is 3.56. The van der Waals surface area contributed by atoms with Crippen molar-refractivity contribution in [2.75, 3.05) is 13.6 Å². The first-order valence-corrected chi connectivity index (χ1v) is 7.87. The predicted molar refractivity (Wildman–Crippen MR) is 75.7 cm³/mol. The molecule has 19 heavy (non-hydrogen) atoms. The molecule has 4 nitrogen and oxygen atoms in total. The third kappa shape index (κ3) is 3.11. The molecule has 0 saturated heterocycles. The van der Waals surface area contributed by atoms with Crippen LogP contribution < -0.4 is 11.1 Å². The van der Waals surface area contributed by atoms with Gasteiger partial charge in [-0.25, -0.2) is 0 Å². The van der Waals surface area contributed by atoms with E-state index in [1.54, 1.807) is 0 Å². The number of nitrogens with zero attached hydrogens (tertiary/aromatic N) is 1. The lowest BCUT2D eigenvalue weighted by Gasteiger charge is -2.42. The summed E-state index contributed by atoms with van der Waals surface area (Å²) >= 11 is 0. The summed E-state index contributed by atoms with van der Waals surface area (Å²) in [6.45, 7) is 1.20. The second-order valence-electron chi connectivity index (χ2n) is 7.00. The van der Waals surface area contributed by atoms with Gasteiger partial charge >= 0.3 is 0 Å². The molecular formula is C15H27N3O. The van der Waals surface area contributed by atoms with E-state index in [9.17, 15) is 4.79 Å². The van der Waals surface area contributed by atoms with Crippen LogP contribution in [0.5, 0.6) is 0 Å². The Kier molecular flexibility index (Phi) is 3.56. The molecule has 4 heteroatoms. The highest BCUT2D eigenvalue weighted by molar-refractivity contribution is 5.85. The highest BCUT2D eigenvalue weighted by atomic mass is 16.1. The lowest BCUT2D eigenvalue weighted by molar-refractivity contribution is -0.126. The van der Waals surface area contributed by atoms with Gasteiger partial charge in [0, 0.05) is 18.6 Å². The Bertz CT molecular complexity index is 351. The molecular weight excluding hydrogens is 238 g/mol. The minimum Gasteiger partial charge on any atom is -0.368 e. The average molecular weight is 265 g/mol. The highest BCUT2D eigenvalue weighted by Crippen LogP contribution is 2.36. The predicted octanol–water partition coefficient (Wildman–Crippen LogP) is 1.25. The van der Waals surface area contributed by atoms with Gasteiger partial charge in [-0.2, -0.15) is 0 Å². The maximum Gasteiger partial charge on any atom is 0.237 e. The Morgan fingerprint density at radius 3 is 2.63 bits per heavy atom. The number of nitrogens with one attached hydrogen (secondary N) is 1. The van der Waals surface area contributed by atoms with E-state index in [0.717, 1.165) is 25.2 Å². The third-order valence-corrected chi connectivity index (χ3v) is 5.12. The second-order valence-corrected chi connectivity index (χ2v) is 7.00. The maximum atomic E-state index is 12.0. The molecule has 3 N–H and O–H groups in total. The Labute approximate surface area is 116 Å². The first-order valence-electron chi connectivity index (χ1n) is 7.87. The summed E-state index contributed by atoms with van der Waals surface area (Å²) in [7, 11) is 2.22. The quantitative estimate of drug-likeness (QED) is 0.760. The summed E-state index contributed by atoms with van der Waals surface area (Å²) < 4.78 is 0. The van der Waals surface area contributed by atoms with Crippen molar-refractivity contribution in [2.24, 2.45) is 11.7 Å². The molecule has 3 fully saturated rings. The van der Waals surface area contributed by atoms with Crippen molar-refractivity contribution in [1.82, 2.24) is 10.2 Å². The van der Waals surface area contributed by atoms with Crippen molar-refractivity contribution >= 4 is 5.91 Å². The zero-order valence-corrected chi connectivity index (χ0v) is 12.0. The monoisotopic (exact) mass is 265 g/mol.